The number of likely N-dealkylation sites (N-methyl/N-ethyl adjacent to an activating group) is 2. The molecule has 0 spiro atoms. The van der Waals surface area contributed by atoms with Gasteiger partial charge < -0.3 is 13.7 Å². The molecule has 1 amide bonds. The number of hydrogen-bond acceptors (Lipinski definition) is 6. The summed E-state index contributed by atoms with van der Waals surface area (Å²) in [5.41, 5.74) is 0. The molecule has 0 aliphatic carbocycles. The maximum absolute atomic E-state index is 12.0. The van der Waals surface area contributed by atoms with Crippen molar-refractivity contribution < 1.29 is 13.6 Å². The van der Waals surface area contributed by atoms with Crippen molar-refractivity contribution in [2.24, 2.45) is 0 Å². The molecular weight excluding hydrogens is 272 g/mol. The summed E-state index contributed by atoms with van der Waals surface area (Å²) in [6.07, 6.45) is 1.55. The van der Waals surface area contributed by atoms with E-state index in [1.807, 2.05) is 25.8 Å². The number of amides is 1. The molecule has 7 heteroatoms. The van der Waals surface area contributed by atoms with Crippen LogP contribution in [0.25, 0.3) is 11.7 Å². The second kappa shape index (κ2) is 7.03. The van der Waals surface area contributed by atoms with Crippen LogP contribution in [0.1, 0.15) is 19.7 Å². The van der Waals surface area contributed by atoms with Gasteiger partial charge in [-0.1, -0.05) is 0 Å². The highest BCUT2D eigenvalue weighted by atomic mass is 16.4. The molecule has 2 aromatic rings. The van der Waals surface area contributed by atoms with E-state index in [2.05, 4.69) is 10.2 Å². The van der Waals surface area contributed by atoms with Crippen LogP contribution >= 0.6 is 0 Å². The minimum absolute atomic E-state index is 0.0910. The molecule has 0 aromatic carbocycles. The van der Waals surface area contributed by atoms with Crippen LogP contribution in [0, 0.1) is 0 Å². The molecule has 0 N–H and O–H groups in total. The largest absolute Gasteiger partial charge is 0.459 e. The van der Waals surface area contributed by atoms with Crippen LogP contribution in [0.5, 0.6) is 0 Å². The van der Waals surface area contributed by atoms with E-state index in [-0.39, 0.29) is 5.91 Å². The van der Waals surface area contributed by atoms with Crippen molar-refractivity contribution in [2.45, 2.75) is 20.4 Å². The molecule has 7 nitrogen and oxygen atoms in total. The summed E-state index contributed by atoms with van der Waals surface area (Å²) in [6, 6.07) is 3.51. The Balaban J connectivity index is 1.91. The average molecular weight is 292 g/mol. The first-order valence-corrected chi connectivity index (χ1v) is 6.96. The van der Waals surface area contributed by atoms with Gasteiger partial charge in [-0.3, -0.25) is 9.69 Å². The van der Waals surface area contributed by atoms with E-state index < -0.39 is 0 Å². The predicted molar refractivity (Wildman–Crippen MR) is 76.3 cm³/mol. The van der Waals surface area contributed by atoms with Crippen LogP contribution in [-0.2, 0) is 11.3 Å². The monoisotopic (exact) mass is 292 g/mol. The lowest BCUT2D eigenvalue weighted by atomic mass is 10.4. The molecular formula is C14H20N4O3. The van der Waals surface area contributed by atoms with Crippen molar-refractivity contribution >= 4 is 5.91 Å². The number of aromatic nitrogens is 2. The van der Waals surface area contributed by atoms with E-state index in [4.69, 9.17) is 8.83 Å². The lowest BCUT2D eigenvalue weighted by Crippen LogP contribution is -2.38. The van der Waals surface area contributed by atoms with Crippen LogP contribution in [0.15, 0.2) is 27.2 Å². The molecule has 0 unspecified atom stereocenters. The van der Waals surface area contributed by atoms with Crippen molar-refractivity contribution in [1.29, 1.82) is 0 Å². The predicted octanol–water partition coefficient (Wildman–Crippen LogP) is 1.63. The Morgan fingerprint density at radius 3 is 2.67 bits per heavy atom. The van der Waals surface area contributed by atoms with Gasteiger partial charge in [-0.2, -0.15) is 0 Å². The standard InChI is InChI=1S/C14H20N4O3/c1-4-18(5-2)13(19)10-17(3)9-12-15-16-14(21-12)11-7-6-8-20-11/h6-8H,4-5,9-10H2,1-3H3. The summed E-state index contributed by atoms with van der Waals surface area (Å²) < 4.78 is 10.7. The van der Waals surface area contributed by atoms with Gasteiger partial charge in [-0.25, -0.2) is 0 Å². The first-order chi connectivity index (χ1) is 10.1. The first kappa shape index (κ1) is 15.2. The fourth-order valence-electron chi connectivity index (χ4n) is 2.01. The van der Waals surface area contributed by atoms with E-state index in [1.54, 1.807) is 23.3 Å². The van der Waals surface area contributed by atoms with Crippen LogP contribution in [0.3, 0.4) is 0 Å². The Morgan fingerprint density at radius 1 is 1.29 bits per heavy atom. The molecule has 0 aliphatic heterocycles. The number of furan rings is 1. The van der Waals surface area contributed by atoms with Gasteiger partial charge in [0.1, 0.15) is 0 Å². The zero-order valence-electron chi connectivity index (χ0n) is 12.6. The Hall–Kier alpha value is -2.15. The van der Waals surface area contributed by atoms with Crippen LogP contribution in [0.4, 0.5) is 0 Å². The summed E-state index contributed by atoms with van der Waals surface area (Å²) in [5.74, 6) is 1.43. The minimum Gasteiger partial charge on any atom is -0.459 e. The van der Waals surface area contributed by atoms with Crippen molar-refractivity contribution in [1.82, 2.24) is 20.0 Å². The molecule has 2 aromatic heterocycles. The average Bonchev–Trinajstić information content (AvgIpc) is 3.10. The fourth-order valence-corrected chi connectivity index (χ4v) is 2.01. The molecule has 2 rings (SSSR count). The zero-order chi connectivity index (χ0) is 15.2. The number of rotatable bonds is 7. The Labute approximate surface area is 123 Å². The Kier molecular flexibility index (Phi) is 5.10. The second-order valence-corrected chi connectivity index (χ2v) is 4.72. The molecule has 0 saturated heterocycles. The van der Waals surface area contributed by atoms with Gasteiger partial charge in [0.05, 0.1) is 19.4 Å². The smallest absolute Gasteiger partial charge is 0.283 e. The Bertz CT molecular complexity index is 561. The number of carbonyl (C=O) groups is 1. The van der Waals surface area contributed by atoms with Gasteiger partial charge in [0.2, 0.25) is 11.8 Å². The van der Waals surface area contributed by atoms with Crippen molar-refractivity contribution in [3.8, 4) is 11.7 Å². The van der Waals surface area contributed by atoms with Crippen LogP contribution < -0.4 is 0 Å². The number of nitrogens with zero attached hydrogens (tertiary/aromatic N) is 4. The van der Waals surface area contributed by atoms with Crippen LogP contribution in [0.2, 0.25) is 0 Å². The van der Waals surface area contributed by atoms with Gasteiger partial charge in [0.25, 0.3) is 5.89 Å². The molecule has 0 bridgehead atoms. The maximum Gasteiger partial charge on any atom is 0.283 e. The van der Waals surface area contributed by atoms with Gasteiger partial charge in [0, 0.05) is 13.1 Å². The van der Waals surface area contributed by atoms with Gasteiger partial charge >= 0.3 is 0 Å². The zero-order valence-corrected chi connectivity index (χ0v) is 12.6. The van der Waals surface area contributed by atoms with Gasteiger partial charge in [0.15, 0.2) is 5.76 Å². The molecule has 2 heterocycles. The maximum atomic E-state index is 12.0. The molecule has 0 radical (unpaired) electrons. The SMILES string of the molecule is CCN(CC)C(=O)CN(C)Cc1nnc(-c2ccco2)o1. The van der Waals surface area contributed by atoms with E-state index >= 15 is 0 Å². The lowest BCUT2D eigenvalue weighted by Gasteiger charge is -2.22. The van der Waals surface area contributed by atoms with Crippen LogP contribution in [-0.4, -0.2) is 52.6 Å². The minimum atomic E-state index is 0.0910. The summed E-state index contributed by atoms with van der Waals surface area (Å²) in [6.45, 7) is 6.10. The highest BCUT2D eigenvalue weighted by Gasteiger charge is 2.16. The van der Waals surface area contributed by atoms with E-state index in [1.165, 1.54) is 0 Å². The number of carbonyl (C=O) groups excluding carboxylic acids is 1. The quantitative estimate of drug-likeness (QED) is 0.772. The molecule has 0 saturated carbocycles. The third-order valence-electron chi connectivity index (χ3n) is 3.13. The molecule has 21 heavy (non-hydrogen) atoms. The lowest BCUT2D eigenvalue weighted by molar-refractivity contribution is -0.131. The molecule has 0 aliphatic rings. The van der Waals surface area contributed by atoms with Crippen molar-refractivity contribution in [3.05, 3.63) is 24.3 Å². The topological polar surface area (TPSA) is 75.6 Å². The first-order valence-electron chi connectivity index (χ1n) is 6.96. The van der Waals surface area contributed by atoms with E-state index in [9.17, 15) is 4.79 Å². The summed E-state index contributed by atoms with van der Waals surface area (Å²) in [7, 11) is 1.85. The fraction of sp³-hybridized carbons (Fsp3) is 0.500. The molecule has 0 fully saturated rings. The Morgan fingerprint density at radius 2 is 2.05 bits per heavy atom. The van der Waals surface area contributed by atoms with Gasteiger partial charge in [-0.05, 0) is 33.0 Å². The summed E-state index contributed by atoms with van der Waals surface area (Å²) >= 11 is 0. The highest BCUT2D eigenvalue weighted by molar-refractivity contribution is 5.78. The van der Waals surface area contributed by atoms with Crippen molar-refractivity contribution in [3.63, 3.8) is 0 Å². The molecule has 0 atom stereocenters. The molecule has 114 valence electrons. The van der Waals surface area contributed by atoms with Crippen molar-refractivity contribution in [2.75, 3.05) is 26.7 Å². The van der Waals surface area contributed by atoms with Gasteiger partial charge in [-0.15, -0.1) is 10.2 Å². The van der Waals surface area contributed by atoms with E-state index in [0.29, 0.717) is 43.7 Å². The highest BCUT2D eigenvalue weighted by Crippen LogP contribution is 2.18. The number of hydrogen-bond donors (Lipinski definition) is 0. The third kappa shape index (κ3) is 3.91. The van der Waals surface area contributed by atoms with E-state index in [0.717, 1.165) is 0 Å². The second-order valence-electron chi connectivity index (χ2n) is 4.72. The summed E-state index contributed by atoms with van der Waals surface area (Å²) in [4.78, 5) is 15.6. The normalized spacial score (nSPS) is 11.0. The summed E-state index contributed by atoms with van der Waals surface area (Å²) in [5, 5.41) is 7.89. The third-order valence-corrected chi connectivity index (χ3v) is 3.13.